The van der Waals surface area contributed by atoms with Crippen molar-refractivity contribution in [3.05, 3.63) is 34.6 Å². The molecule has 0 aromatic heterocycles. The van der Waals surface area contributed by atoms with Crippen molar-refractivity contribution in [1.82, 2.24) is 5.48 Å². The van der Waals surface area contributed by atoms with Crippen molar-refractivity contribution in [2.75, 3.05) is 0 Å². The van der Waals surface area contributed by atoms with E-state index in [1.165, 1.54) is 18.3 Å². The monoisotopic (exact) mass is 230 g/mol. The highest BCUT2D eigenvalue weighted by molar-refractivity contribution is 6.30. The van der Waals surface area contributed by atoms with E-state index in [1.807, 2.05) is 0 Å². The van der Waals surface area contributed by atoms with Crippen molar-refractivity contribution in [2.24, 2.45) is 15.9 Å². The highest BCUT2D eigenvalue weighted by Gasteiger charge is 1.98. The Morgan fingerprint density at radius 1 is 1.60 bits per heavy atom. The van der Waals surface area contributed by atoms with Crippen LogP contribution in [-0.4, -0.2) is 17.4 Å². The summed E-state index contributed by atoms with van der Waals surface area (Å²) in [5, 5.41) is 15.1. The van der Waals surface area contributed by atoms with Crippen LogP contribution in [-0.2, 0) is 0 Å². The highest BCUT2D eigenvalue weighted by atomic mass is 35.5. The van der Waals surface area contributed by atoms with Gasteiger partial charge in [0.1, 0.15) is 5.82 Å². The van der Waals surface area contributed by atoms with Gasteiger partial charge in [0.15, 0.2) is 0 Å². The number of benzene rings is 1. The Hall–Kier alpha value is -1.66. The van der Waals surface area contributed by atoms with E-state index in [9.17, 15) is 4.39 Å². The maximum absolute atomic E-state index is 12.9. The van der Waals surface area contributed by atoms with E-state index in [-0.39, 0.29) is 11.0 Å². The normalized spacial score (nSPS) is 12.1. The van der Waals surface area contributed by atoms with E-state index in [0.29, 0.717) is 5.56 Å². The molecule has 0 aliphatic carbocycles. The first-order valence-electron chi connectivity index (χ1n) is 3.85. The van der Waals surface area contributed by atoms with E-state index in [2.05, 4.69) is 10.2 Å². The molecular formula is C8H8ClFN4O. The molecule has 0 saturated carbocycles. The molecule has 1 aromatic rings. The van der Waals surface area contributed by atoms with Crippen molar-refractivity contribution >= 4 is 23.8 Å². The first-order valence-corrected chi connectivity index (χ1v) is 4.23. The molecule has 0 spiro atoms. The molecule has 0 atom stereocenters. The van der Waals surface area contributed by atoms with Gasteiger partial charge in [0.25, 0.3) is 0 Å². The molecule has 0 aliphatic rings. The molecule has 15 heavy (non-hydrogen) atoms. The average Bonchev–Trinajstić information content (AvgIpc) is 2.23. The largest absolute Gasteiger partial charge is 0.367 e. The number of nitrogens with one attached hydrogen (secondary N) is 1. The van der Waals surface area contributed by atoms with Gasteiger partial charge in [-0.2, -0.15) is 5.10 Å². The molecule has 0 saturated heterocycles. The van der Waals surface area contributed by atoms with E-state index < -0.39 is 5.82 Å². The summed E-state index contributed by atoms with van der Waals surface area (Å²) in [6.45, 7) is 0. The lowest BCUT2D eigenvalue weighted by molar-refractivity contribution is 0.232. The van der Waals surface area contributed by atoms with Gasteiger partial charge in [-0.3, -0.25) is 5.21 Å². The predicted molar refractivity (Wildman–Crippen MR) is 55.5 cm³/mol. The number of hydrogen-bond acceptors (Lipinski definition) is 3. The van der Waals surface area contributed by atoms with Crippen molar-refractivity contribution < 1.29 is 9.60 Å². The highest BCUT2D eigenvalue weighted by Crippen LogP contribution is 2.14. The smallest absolute Gasteiger partial charge is 0.237 e. The van der Waals surface area contributed by atoms with Gasteiger partial charge in [-0.1, -0.05) is 17.7 Å². The van der Waals surface area contributed by atoms with Gasteiger partial charge < -0.3 is 5.73 Å². The van der Waals surface area contributed by atoms with Gasteiger partial charge in [-0.15, -0.1) is 5.10 Å². The van der Waals surface area contributed by atoms with Crippen LogP contribution in [0.3, 0.4) is 0 Å². The van der Waals surface area contributed by atoms with Crippen LogP contribution in [0.1, 0.15) is 5.56 Å². The number of halogens is 2. The Balaban J connectivity index is 2.77. The first kappa shape index (κ1) is 11.4. The number of nitrogens with two attached hydrogens (primary N) is 1. The third kappa shape index (κ3) is 3.53. The molecule has 1 rings (SSSR count). The molecule has 0 radical (unpaired) electrons. The fraction of sp³-hybridized carbons (Fsp3) is 0. The quantitative estimate of drug-likeness (QED) is 0.404. The lowest BCUT2D eigenvalue weighted by atomic mass is 10.2. The summed E-state index contributed by atoms with van der Waals surface area (Å²) in [5.74, 6) is -0.807. The zero-order valence-electron chi connectivity index (χ0n) is 7.48. The van der Waals surface area contributed by atoms with E-state index in [4.69, 9.17) is 22.5 Å². The number of nitrogens with zero attached hydrogens (tertiary/aromatic N) is 2. The molecule has 0 unspecified atom stereocenters. The fourth-order valence-corrected chi connectivity index (χ4v) is 0.890. The summed E-state index contributed by atoms with van der Waals surface area (Å²) < 4.78 is 12.9. The standard InChI is InChI=1S/C8H8ClFN4O/c9-6-2-1-5(3-7(6)10)4-12-13-8(11)14-15/h1-4,15H,(H3,11,13,14). The molecule has 5 nitrogen and oxygen atoms in total. The van der Waals surface area contributed by atoms with Gasteiger partial charge in [0.05, 0.1) is 11.2 Å². The maximum Gasteiger partial charge on any atom is 0.237 e. The maximum atomic E-state index is 12.9. The summed E-state index contributed by atoms with van der Waals surface area (Å²) in [6.07, 6.45) is 1.27. The summed E-state index contributed by atoms with van der Waals surface area (Å²) >= 11 is 5.48. The molecule has 0 bridgehead atoms. The summed E-state index contributed by atoms with van der Waals surface area (Å²) in [5.41, 5.74) is 7.14. The Labute approximate surface area is 90.0 Å². The second-order valence-electron chi connectivity index (χ2n) is 2.52. The Kier molecular flexibility index (Phi) is 4.02. The topological polar surface area (TPSA) is 83.0 Å². The van der Waals surface area contributed by atoms with Crippen LogP contribution >= 0.6 is 11.6 Å². The van der Waals surface area contributed by atoms with Crippen molar-refractivity contribution in [1.29, 1.82) is 0 Å². The lowest BCUT2D eigenvalue weighted by Gasteiger charge is -1.95. The zero-order valence-corrected chi connectivity index (χ0v) is 8.24. The number of hydroxylamine groups is 1. The molecule has 0 amide bonds. The molecule has 4 N–H and O–H groups in total. The molecule has 7 heteroatoms. The fourth-order valence-electron chi connectivity index (χ4n) is 0.773. The van der Waals surface area contributed by atoms with Crippen molar-refractivity contribution in [3.63, 3.8) is 0 Å². The minimum atomic E-state index is -0.544. The van der Waals surface area contributed by atoms with Crippen LogP contribution in [0.25, 0.3) is 0 Å². The minimum Gasteiger partial charge on any atom is -0.367 e. The first-order chi connectivity index (χ1) is 7.13. The Bertz CT molecular complexity index is 408. The number of hydrogen-bond donors (Lipinski definition) is 3. The van der Waals surface area contributed by atoms with E-state index in [0.717, 1.165) is 0 Å². The van der Waals surface area contributed by atoms with E-state index >= 15 is 0 Å². The minimum absolute atomic E-state index is 0.0344. The third-order valence-corrected chi connectivity index (χ3v) is 1.74. The van der Waals surface area contributed by atoms with Gasteiger partial charge >= 0.3 is 0 Å². The number of rotatable bonds is 2. The second-order valence-corrected chi connectivity index (χ2v) is 2.92. The van der Waals surface area contributed by atoms with Crippen LogP contribution < -0.4 is 11.2 Å². The van der Waals surface area contributed by atoms with Crippen LogP contribution in [0.15, 0.2) is 28.4 Å². The zero-order chi connectivity index (χ0) is 11.3. The lowest BCUT2D eigenvalue weighted by Crippen LogP contribution is -2.27. The number of guanidine groups is 1. The van der Waals surface area contributed by atoms with Crippen LogP contribution in [0, 0.1) is 5.82 Å². The predicted octanol–water partition coefficient (Wildman–Crippen LogP) is 1.11. The van der Waals surface area contributed by atoms with Crippen molar-refractivity contribution in [2.45, 2.75) is 0 Å². The van der Waals surface area contributed by atoms with Gasteiger partial charge in [0, 0.05) is 0 Å². The molecule has 0 aliphatic heterocycles. The second kappa shape index (κ2) is 5.28. The molecule has 1 aromatic carbocycles. The molecule has 80 valence electrons. The third-order valence-electron chi connectivity index (χ3n) is 1.43. The summed E-state index contributed by atoms with van der Waals surface area (Å²) in [7, 11) is 0. The van der Waals surface area contributed by atoms with Crippen LogP contribution in [0.2, 0.25) is 5.02 Å². The van der Waals surface area contributed by atoms with Crippen molar-refractivity contribution in [3.8, 4) is 0 Å². The average molecular weight is 231 g/mol. The van der Waals surface area contributed by atoms with Gasteiger partial charge in [-0.25, -0.2) is 9.87 Å². The summed E-state index contributed by atoms with van der Waals surface area (Å²) in [6, 6.07) is 4.16. The van der Waals surface area contributed by atoms with Gasteiger partial charge in [0.2, 0.25) is 5.96 Å². The summed E-state index contributed by atoms with van der Waals surface area (Å²) in [4.78, 5) is 0. The SMILES string of the molecule is NC(=NN=Cc1ccc(Cl)c(F)c1)NO. The molecular weight excluding hydrogens is 223 g/mol. The van der Waals surface area contributed by atoms with E-state index in [1.54, 1.807) is 11.5 Å². The Morgan fingerprint density at radius 3 is 2.93 bits per heavy atom. The Morgan fingerprint density at radius 2 is 2.33 bits per heavy atom. The molecule has 0 fully saturated rings. The van der Waals surface area contributed by atoms with Gasteiger partial charge in [-0.05, 0) is 17.7 Å². The van der Waals surface area contributed by atoms with Crippen LogP contribution in [0.4, 0.5) is 4.39 Å². The van der Waals surface area contributed by atoms with Crippen LogP contribution in [0.5, 0.6) is 0 Å². The molecule has 0 heterocycles.